The zero-order chi connectivity index (χ0) is 15.8. The summed E-state index contributed by atoms with van der Waals surface area (Å²) in [5, 5.41) is 21.2. The van der Waals surface area contributed by atoms with E-state index in [9.17, 15) is 9.59 Å². The maximum Gasteiger partial charge on any atom is 0.315 e. The van der Waals surface area contributed by atoms with Gasteiger partial charge in [0.15, 0.2) is 0 Å². The van der Waals surface area contributed by atoms with Gasteiger partial charge in [-0.1, -0.05) is 6.42 Å². The van der Waals surface area contributed by atoms with Crippen molar-refractivity contribution in [3.63, 3.8) is 0 Å². The van der Waals surface area contributed by atoms with Gasteiger partial charge in [0.25, 0.3) is 0 Å². The van der Waals surface area contributed by atoms with E-state index in [1.165, 1.54) is 0 Å². The molecule has 0 aromatic heterocycles. The van der Waals surface area contributed by atoms with Crippen LogP contribution in [0.4, 0.5) is 4.79 Å². The van der Waals surface area contributed by atoms with E-state index in [0.29, 0.717) is 5.25 Å². The van der Waals surface area contributed by atoms with Crippen LogP contribution in [-0.2, 0) is 4.79 Å². The Morgan fingerprint density at radius 2 is 1.82 bits per heavy atom. The molecule has 3 heterocycles. The van der Waals surface area contributed by atoms with Crippen molar-refractivity contribution in [2.75, 3.05) is 31.9 Å². The molecule has 3 saturated heterocycles. The first-order valence-corrected chi connectivity index (χ1v) is 9.03. The van der Waals surface area contributed by atoms with Crippen LogP contribution >= 0.6 is 11.8 Å². The molecular weight excluding hydrogens is 304 g/mol. The van der Waals surface area contributed by atoms with Gasteiger partial charge in [-0.25, -0.2) is 4.79 Å². The molecule has 3 aliphatic heterocycles. The largest absolute Gasteiger partial charge is 0.481 e. The van der Waals surface area contributed by atoms with Crippen molar-refractivity contribution in [3.8, 4) is 0 Å². The average molecular weight is 330 g/mol. The maximum absolute atomic E-state index is 11.1. The minimum Gasteiger partial charge on any atom is -0.481 e. The summed E-state index contributed by atoms with van der Waals surface area (Å²) >= 11 is 1.87. The van der Waals surface area contributed by atoms with Crippen LogP contribution in [0.3, 0.4) is 0 Å². The number of carbonyl (C=O) groups excluding carboxylic acids is 1. The van der Waals surface area contributed by atoms with Crippen LogP contribution in [0.1, 0.15) is 25.7 Å². The summed E-state index contributed by atoms with van der Waals surface area (Å²) in [5.74, 6) is 0.236. The number of hydrogen-bond acceptors (Lipinski definition) is 5. The lowest BCUT2D eigenvalue weighted by Gasteiger charge is -2.16. The van der Waals surface area contributed by atoms with Crippen molar-refractivity contribution >= 4 is 23.8 Å². The Morgan fingerprint density at radius 1 is 1.14 bits per heavy atom. The molecule has 0 spiro atoms. The molecular formula is C14H26N4O3S. The van der Waals surface area contributed by atoms with Crippen molar-refractivity contribution < 1.29 is 14.7 Å². The molecule has 8 heteroatoms. The number of carboxylic acid groups (broad SMARTS) is 1. The zero-order valence-electron chi connectivity index (χ0n) is 12.8. The van der Waals surface area contributed by atoms with E-state index < -0.39 is 5.97 Å². The maximum atomic E-state index is 11.1. The van der Waals surface area contributed by atoms with Gasteiger partial charge in [0, 0.05) is 43.6 Å². The molecule has 3 aliphatic rings. The fourth-order valence-electron chi connectivity index (χ4n) is 2.87. The van der Waals surface area contributed by atoms with Gasteiger partial charge in [-0.15, -0.1) is 0 Å². The molecule has 0 unspecified atom stereocenters. The van der Waals surface area contributed by atoms with Crippen LogP contribution in [0, 0.1) is 0 Å². The topological polar surface area (TPSA) is 102 Å². The summed E-state index contributed by atoms with van der Waals surface area (Å²) in [6.07, 6.45) is 2.88. The lowest BCUT2D eigenvalue weighted by Crippen LogP contribution is -2.39. The van der Waals surface area contributed by atoms with E-state index in [2.05, 4.69) is 21.3 Å². The first-order valence-electron chi connectivity index (χ1n) is 7.98. The Hall–Kier alpha value is -0.990. The van der Waals surface area contributed by atoms with Crippen molar-refractivity contribution in [3.05, 3.63) is 0 Å². The molecule has 22 heavy (non-hydrogen) atoms. The number of rotatable bonds is 5. The summed E-state index contributed by atoms with van der Waals surface area (Å²) in [4.78, 5) is 21.5. The highest BCUT2D eigenvalue weighted by atomic mass is 32.2. The van der Waals surface area contributed by atoms with Crippen molar-refractivity contribution in [2.24, 2.45) is 0 Å². The van der Waals surface area contributed by atoms with Crippen LogP contribution in [0.25, 0.3) is 0 Å². The minimum absolute atomic E-state index is 0.0640. The first-order chi connectivity index (χ1) is 10.7. The summed E-state index contributed by atoms with van der Waals surface area (Å²) in [5.41, 5.74) is 0. The second-order valence-electron chi connectivity index (χ2n) is 5.76. The molecule has 0 aromatic carbocycles. The molecule has 3 fully saturated rings. The number of urea groups is 1. The second-order valence-corrected chi connectivity index (χ2v) is 7.03. The highest BCUT2D eigenvalue weighted by Gasteiger charge is 2.42. The highest BCUT2D eigenvalue weighted by molar-refractivity contribution is 8.00. The Kier molecular flexibility index (Phi) is 7.28. The smallest absolute Gasteiger partial charge is 0.315 e. The van der Waals surface area contributed by atoms with Crippen LogP contribution in [-0.4, -0.2) is 66.4 Å². The number of thioether (sulfide) groups is 1. The fraction of sp³-hybridized carbons (Fsp3) is 0.857. The first kappa shape index (κ1) is 17.4. The number of piperazine rings is 1. The number of fused-ring (bicyclic) bond motifs is 1. The molecule has 0 aromatic rings. The van der Waals surface area contributed by atoms with Gasteiger partial charge in [0.1, 0.15) is 0 Å². The molecule has 5 N–H and O–H groups in total. The molecule has 0 aliphatic carbocycles. The molecule has 2 amide bonds. The molecule has 7 nitrogen and oxygen atoms in total. The molecule has 126 valence electrons. The normalized spacial score (nSPS) is 29.8. The van der Waals surface area contributed by atoms with E-state index in [1.54, 1.807) is 0 Å². The summed E-state index contributed by atoms with van der Waals surface area (Å²) < 4.78 is 0. The predicted octanol–water partition coefficient (Wildman–Crippen LogP) is -0.0240. The van der Waals surface area contributed by atoms with Crippen LogP contribution < -0.4 is 21.3 Å². The van der Waals surface area contributed by atoms with Gasteiger partial charge in [-0.2, -0.15) is 11.8 Å². The number of unbranched alkanes of at least 4 members (excludes halogenated alkanes) is 1. The Bertz CT molecular complexity index is 368. The lowest BCUT2D eigenvalue weighted by atomic mass is 10.0. The van der Waals surface area contributed by atoms with Gasteiger partial charge in [0.05, 0.1) is 12.1 Å². The molecule has 0 saturated carbocycles. The molecule has 3 rings (SSSR count). The number of nitrogens with one attached hydrogen (secondary N) is 4. The van der Waals surface area contributed by atoms with Crippen molar-refractivity contribution in [1.82, 2.24) is 21.3 Å². The third kappa shape index (κ3) is 5.66. The second kappa shape index (κ2) is 9.22. The zero-order valence-corrected chi connectivity index (χ0v) is 13.6. The third-order valence-corrected chi connectivity index (χ3v) is 5.53. The van der Waals surface area contributed by atoms with Gasteiger partial charge in [-0.3, -0.25) is 4.79 Å². The van der Waals surface area contributed by atoms with Crippen molar-refractivity contribution in [2.45, 2.75) is 43.0 Å². The van der Waals surface area contributed by atoms with Gasteiger partial charge >= 0.3 is 12.0 Å². The minimum atomic E-state index is -0.729. The molecule has 0 bridgehead atoms. The van der Waals surface area contributed by atoms with Gasteiger partial charge in [0.2, 0.25) is 0 Å². The monoisotopic (exact) mass is 330 g/mol. The highest BCUT2D eigenvalue weighted by Crippen LogP contribution is 2.33. The van der Waals surface area contributed by atoms with Crippen LogP contribution in [0.15, 0.2) is 0 Å². The van der Waals surface area contributed by atoms with E-state index in [4.69, 9.17) is 5.11 Å². The summed E-state index contributed by atoms with van der Waals surface area (Å²) in [6.45, 7) is 4.56. The number of carboxylic acids is 1. The number of aliphatic carboxylic acids is 1. The Balaban J connectivity index is 0.000000246. The number of amides is 2. The fourth-order valence-corrected chi connectivity index (χ4v) is 4.41. The molecule has 3 atom stereocenters. The van der Waals surface area contributed by atoms with Crippen molar-refractivity contribution in [1.29, 1.82) is 0 Å². The standard InChI is InChI=1S/C10H16N2O3S.C4H10N2/c13-8(14)4-2-1-3-7-9-6(5-16-7)11-10(15)12-9;1-2-6-4-3-5-1/h6-7,9H,1-5H2,(H,13,14)(H2,11,12,15);5-6H,1-4H2/t6-,7-,9-;/m0./s1. The summed E-state index contributed by atoms with van der Waals surface area (Å²) in [6, 6.07) is 0.440. The lowest BCUT2D eigenvalue weighted by molar-refractivity contribution is -0.137. The van der Waals surface area contributed by atoms with Crippen LogP contribution in [0.2, 0.25) is 0 Å². The Morgan fingerprint density at radius 3 is 2.41 bits per heavy atom. The third-order valence-electron chi connectivity index (χ3n) is 4.02. The Labute approximate surface area is 135 Å². The molecule has 0 radical (unpaired) electrons. The summed E-state index contributed by atoms with van der Waals surface area (Å²) in [7, 11) is 0. The van der Waals surface area contributed by atoms with Gasteiger partial charge < -0.3 is 26.4 Å². The van der Waals surface area contributed by atoms with Gasteiger partial charge in [-0.05, 0) is 12.8 Å². The quantitative estimate of drug-likeness (QED) is 0.359. The number of carbonyl (C=O) groups is 2. The predicted molar refractivity (Wildman–Crippen MR) is 87.3 cm³/mol. The van der Waals surface area contributed by atoms with E-state index in [0.717, 1.165) is 51.2 Å². The van der Waals surface area contributed by atoms with E-state index in [-0.39, 0.29) is 24.5 Å². The van der Waals surface area contributed by atoms with E-state index in [1.807, 2.05) is 11.8 Å². The number of hydrogen-bond donors (Lipinski definition) is 5. The van der Waals surface area contributed by atoms with Crippen LogP contribution in [0.5, 0.6) is 0 Å². The SMILES string of the molecule is C1CNCCN1.O=C(O)CCCC[C@@H]1SC[C@@H]2NC(=O)N[C@@H]21. The van der Waals surface area contributed by atoms with E-state index >= 15 is 0 Å². The average Bonchev–Trinajstić information content (AvgIpc) is 3.05.